The second-order valence-corrected chi connectivity index (χ2v) is 7.99. The number of ether oxygens (including phenoxy) is 2. The first kappa shape index (κ1) is 20.3. The lowest BCUT2D eigenvalue weighted by molar-refractivity contribution is 0.0122. The number of rotatable bonds is 2. The highest BCUT2D eigenvalue weighted by atomic mass is 35.5. The lowest BCUT2D eigenvalue weighted by Crippen LogP contribution is -2.48. The van der Waals surface area contributed by atoms with E-state index >= 15 is 0 Å². The third-order valence-corrected chi connectivity index (χ3v) is 4.44. The molecule has 5 nitrogen and oxygen atoms in total. The minimum atomic E-state index is -0.547. The van der Waals surface area contributed by atoms with Crippen molar-refractivity contribution < 1.29 is 19.1 Å². The van der Waals surface area contributed by atoms with Crippen molar-refractivity contribution in [2.75, 3.05) is 7.11 Å². The van der Waals surface area contributed by atoms with Crippen molar-refractivity contribution in [1.29, 1.82) is 0 Å². The van der Waals surface area contributed by atoms with E-state index in [0.29, 0.717) is 17.0 Å². The van der Waals surface area contributed by atoms with Gasteiger partial charge in [0.05, 0.1) is 18.7 Å². The Kier molecular flexibility index (Phi) is 6.02. The van der Waals surface area contributed by atoms with E-state index in [1.165, 1.54) is 7.11 Å². The zero-order chi connectivity index (χ0) is 19.6. The third-order valence-electron chi connectivity index (χ3n) is 4.21. The van der Waals surface area contributed by atoms with Crippen molar-refractivity contribution in [2.24, 2.45) is 0 Å². The molecule has 142 valence electrons. The molecular formula is C20H26ClNO4. The molecule has 0 N–H and O–H groups in total. The molecule has 0 aliphatic carbocycles. The number of esters is 1. The van der Waals surface area contributed by atoms with Crippen LogP contribution in [0.4, 0.5) is 4.79 Å². The summed E-state index contributed by atoms with van der Waals surface area (Å²) < 4.78 is 10.4. The van der Waals surface area contributed by atoms with Gasteiger partial charge in [-0.2, -0.15) is 0 Å². The molecule has 0 aromatic heterocycles. The summed E-state index contributed by atoms with van der Waals surface area (Å²) in [6.07, 6.45) is 2.26. The van der Waals surface area contributed by atoms with Gasteiger partial charge in [-0.1, -0.05) is 23.7 Å². The molecule has 1 aliphatic heterocycles. The van der Waals surface area contributed by atoms with Gasteiger partial charge in [-0.05, 0) is 64.3 Å². The number of hydrogen-bond donors (Lipinski definition) is 0. The van der Waals surface area contributed by atoms with Gasteiger partial charge in [-0.25, -0.2) is 9.59 Å². The number of hydrogen-bond acceptors (Lipinski definition) is 4. The smallest absolute Gasteiger partial charge is 0.411 e. The van der Waals surface area contributed by atoms with E-state index in [1.54, 1.807) is 17.0 Å². The lowest BCUT2D eigenvalue weighted by Gasteiger charge is -2.39. The number of amides is 1. The minimum Gasteiger partial charge on any atom is -0.465 e. The van der Waals surface area contributed by atoms with Gasteiger partial charge < -0.3 is 9.47 Å². The van der Waals surface area contributed by atoms with Crippen LogP contribution in [0.2, 0.25) is 5.02 Å². The molecule has 1 amide bonds. The summed E-state index contributed by atoms with van der Waals surface area (Å²) >= 11 is 6.04. The number of methoxy groups -OCH3 is 1. The molecule has 26 heavy (non-hydrogen) atoms. The van der Waals surface area contributed by atoms with Crippen LogP contribution in [-0.2, 0) is 9.47 Å². The summed E-state index contributed by atoms with van der Waals surface area (Å²) in [5, 5.41) is 0.474. The Morgan fingerprint density at radius 2 is 1.88 bits per heavy atom. The standard InChI is InChI=1S/C20H26ClNO4/c1-12-9-14(10-13(2)22(12)19(24)26-20(3,4)5)16-8-7-15(21)11-17(16)18(23)25-6/h7-9,11-13H,10H2,1-6H3. The van der Waals surface area contributed by atoms with Crippen LogP contribution in [0.15, 0.2) is 24.3 Å². The molecule has 0 spiro atoms. The van der Waals surface area contributed by atoms with E-state index in [-0.39, 0.29) is 18.2 Å². The van der Waals surface area contributed by atoms with E-state index in [9.17, 15) is 9.59 Å². The van der Waals surface area contributed by atoms with Crippen molar-refractivity contribution in [2.45, 2.75) is 58.7 Å². The molecule has 0 radical (unpaired) electrons. The van der Waals surface area contributed by atoms with Crippen molar-refractivity contribution in [3.8, 4) is 0 Å². The maximum atomic E-state index is 12.5. The quantitative estimate of drug-likeness (QED) is 0.684. The summed E-state index contributed by atoms with van der Waals surface area (Å²) in [7, 11) is 1.34. The van der Waals surface area contributed by atoms with Crippen LogP contribution in [0.5, 0.6) is 0 Å². The molecule has 1 aromatic carbocycles. The van der Waals surface area contributed by atoms with Gasteiger partial charge in [0, 0.05) is 11.1 Å². The van der Waals surface area contributed by atoms with Crippen LogP contribution in [0.25, 0.3) is 5.57 Å². The minimum absolute atomic E-state index is 0.0685. The third kappa shape index (κ3) is 4.58. The SMILES string of the molecule is COC(=O)c1cc(Cl)ccc1C1=CC(C)N(C(=O)OC(C)(C)C)C(C)C1. The van der Waals surface area contributed by atoms with Gasteiger partial charge in [-0.15, -0.1) is 0 Å². The highest BCUT2D eigenvalue weighted by molar-refractivity contribution is 6.31. The molecule has 2 unspecified atom stereocenters. The summed E-state index contributed by atoms with van der Waals surface area (Å²) in [5.74, 6) is -0.432. The number of nitrogens with zero attached hydrogens (tertiary/aromatic N) is 1. The van der Waals surface area contributed by atoms with Gasteiger partial charge in [0.25, 0.3) is 0 Å². The summed E-state index contributed by atoms with van der Waals surface area (Å²) in [6.45, 7) is 9.46. The Labute approximate surface area is 159 Å². The van der Waals surface area contributed by atoms with E-state index in [4.69, 9.17) is 21.1 Å². The van der Waals surface area contributed by atoms with Gasteiger partial charge in [-0.3, -0.25) is 4.90 Å². The van der Waals surface area contributed by atoms with Crippen molar-refractivity contribution in [3.05, 3.63) is 40.4 Å². The van der Waals surface area contributed by atoms with Crippen LogP contribution >= 0.6 is 11.6 Å². The van der Waals surface area contributed by atoms with E-state index in [2.05, 4.69) is 0 Å². The number of halogens is 1. The Balaban J connectivity index is 2.36. The maximum absolute atomic E-state index is 12.5. The highest BCUT2D eigenvalue weighted by Crippen LogP contribution is 2.33. The summed E-state index contributed by atoms with van der Waals surface area (Å²) in [4.78, 5) is 26.4. The average molecular weight is 380 g/mol. The van der Waals surface area contributed by atoms with Gasteiger partial charge in [0.15, 0.2) is 0 Å². The zero-order valence-electron chi connectivity index (χ0n) is 16.1. The fourth-order valence-corrected chi connectivity index (χ4v) is 3.37. The average Bonchev–Trinajstić information content (AvgIpc) is 2.51. The molecule has 0 saturated carbocycles. The number of carbonyl (C=O) groups excluding carboxylic acids is 2. The van der Waals surface area contributed by atoms with Crippen LogP contribution in [0, 0.1) is 0 Å². The van der Waals surface area contributed by atoms with Gasteiger partial charge >= 0.3 is 12.1 Å². The molecule has 1 aliphatic rings. The van der Waals surface area contributed by atoms with Gasteiger partial charge in [0.2, 0.25) is 0 Å². The molecule has 0 fully saturated rings. The Bertz CT molecular complexity index is 736. The maximum Gasteiger partial charge on any atom is 0.411 e. The predicted molar refractivity (Wildman–Crippen MR) is 102 cm³/mol. The Hall–Kier alpha value is -2.01. The first-order valence-corrected chi connectivity index (χ1v) is 9.01. The Morgan fingerprint density at radius 3 is 2.42 bits per heavy atom. The van der Waals surface area contributed by atoms with Crippen molar-refractivity contribution >= 4 is 29.2 Å². The summed E-state index contributed by atoms with van der Waals surface area (Å²) in [5.41, 5.74) is 1.65. The first-order chi connectivity index (χ1) is 12.0. The van der Waals surface area contributed by atoms with Crippen molar-refractivity contribution in [1.82, 2.24) is 4.90 Å². The first-order valence-electron chi connectivity index (χ1n) is 8.63. The van der Waals surface area contributed by atoms with Gasteiger partial charge in [0.1, 0.15) is 5.60 Å². The fraction of sp³-hybridized carbons (Fsp3) is 0.500. The molecule has 2 rings (SSSR count). The van der Waals surface area contributed by atoms with Crippen LogP contribution < -0.4 is 0 Å². The molecule has 1 heterocycles. The predicted octanol–water partition coefficient (Wildman–Crippen LogP) is 4.93. The monoisotopic (exact) mass is 379 g/mol. The van der Waals surface area contributed by atoms with Crippen molar-refractivity contribution in [3.63, 3.8) is 0 Å². The normalized spacial score (nSPS) is 20.4. The fourth-order valence-electron chi connectivity index (χ4n) is 3.19. The molecule has 0 bridgehead atoms. The Morgan fingerprint density at radius 1 is 1.23 bits per heavy atom. The molecule has 1 aromatic rings. The zero-order valence-corrected chi connectivity index (χ0v) is 16.9. The topological polar surface area (TPSA) is 55.8 Å². The van der Waals surface area contributed by atoms with E-state index in [0.717, 1.165) is 11.1 Å². The molecule has 6 heteroatoms. The molecule has 2 atom stereocenters. The van der Waals surface area contributed by atoms with Crippen LogP contribution in [-0.4, -0.2) is 41.8 Å². The van der Waals surface area contributed by atoms with E-state index in [1.807, 2.05) is 46.8 Å². The summed E-state index contributed by atoms with van der Waals surface area (Å²) in [6, 6.07) is 4.95. The molecular weight excluding hydrogens is 354 g/mol. The number of benzene rings is 1. The van der Waals surface area contributed by atoms with E-state index < -0.39 is 11.6 Å². The second-order valence-electron chi connectivity index (χ2n) is 7.55. The largest absolute Gasteiger partial charge is 0.465 e. The van der Waals surface area contributed by atoms with Crippen LogP contribution in [0.3, 0.4) is 0 Å². The lowest BCUT2D eigenvalue weighted by atomic mass is 9.89. The number of carbonyl (C=O) groups is 2. The second kappa shape index (κ2) is 7.70. The highest BCUT2D eigenvalue weighted by Gasteiger charge is 2.33. The molecule has 0 saturated heterocycles. The van der Waals surface area contributed by atoms with Crippen LogP contribution in [0.1, 0.15) is 57.0 Å².